The van der Waals surface area contributed by atoms with E-state index in [9.17, 15) is 5.26 Å². The molecule has 2 atom stereocenters. The molecule has 4 aliphatic rings. The molecule has 2 fully saturated rings. The van der Waals surface area contributed by atoms with E-state index in [1.54, 1.807) is 0 Å². The lowest BCUT2D eigenvalue weighted by molar-refractivity contribution is -0.131. The van der Waals surface area contributed by atoms with E-state index in [0.717, 1.165) is 81.2 Å². The summed E-state index contributed by atoms with van der Waals surface area (Å²) >= 11 is 6.85. The van der Waals surface area contributed by atoms with Gasteiger partial charge in [-0.3, -0.25) is 4.79 Å². The number of hydrogen-bond acceptors (Lipinski definition) is 9. The van der Waals surface area contributed by atoms with Gasteiger partial charge in [0, 0.05) is 55.1 Å². The molecule has 66 heavy (non-hydrogen) atoms. The van der Waals surface area contributed by atoms with Crippen molar-refractivity contribution in [2.24, 2.45) is 0 Å². The second kappa shape index (κ2) is 18.9. The van der Waals surface area contributed by atoms with Crippen LogP contribution < -0.4 is 14.5 Å². The van der Waals surface area contributed by atoms with Gasteiger partial charge >= 0.3 is 6.01 Å². The highest BCUT2D eigenvalue weighted by Gasteiger charge is 2.46. The van der Waals surface area contributed by atoms with Gasteiger partial charge in [0.15, 0.2) is 0 Å². The summed E-state index contributed by atoms with van der Waals surface area (Å²) in [4.78, 5) is 36.8. The number of halogens is 1. The lowest BCUT2D eigenvalue weighted by Crippen LogP contribution is -2.58. The van der Waals surface area contributed by atoms with E-state index in [0.29, 0.717) is 57.0 Å². The average Bonchev–Trinajstić information content (AvgIpc) is 3.62. The molecular weight excluding hydrogens is 840 g/mol. The first-order chi connectivity index (χ1) is 32.4. The average molecular weight is 894 g/mol. The minimum absolute atomic E-state index is 0.142. The molecule has 2 unspecified atom stereocenters. The number of piperazine rings is 1. The van der Waals surface area contributed by atoms with Gasteiger partial charge in [0.2, 0.25) is 0 Å². The van der Waals surface area contributed by atoms with Gasteiger partial charge in [-0.05, 0) is 79.2 Å². The Balaban J connectivity index is 0.999. The molecule has 0 bridgehead atoms. The number of carbonyl (C=O) groups is 1. The number of carbonyl (C=O) groups excluding carboxylic acids is 1. The fourth-order valence-corrected chi connectivity index (χ4v) is 10.8. The predicted molar refractivity (Wildman–Crippen MR) is 262 cm³/mol. The van der Waals surface area contributed by atoms with Gasteiger partial charge in [-0.15, -0.1) is 0 Å². The van der Waals surface area contributed by atoms with Crippen LogP contribution in [0.3, 0.4) is 0 Å². The molecule has 0 N–H and O–H groups in total. The third kappa shape index (κ3) is 8.07. The maximum absolute atomic E-state index is 15.6. The van der Waals surface area contributed by atoms with Crippen LogP contribution in [0.5, 0.6) is 6.01 Å². The van der Waals surface area contributed by atoms with Crippen molar-refractivity contribution in [3.05, 3.63) is 197 Å². The van der Waals surface area contributed by atoms with Crippen LogP contribution >= 0.6 is 11.6 Å². The Morgan fingerprint density at radius 1 is 0.788 bits per heavy atom. The maximum Gasteiger partial charge on any atom is 0.318 e. The van der Waals surface area contributed by atoms with Crippen molar-refractivity contribution in [3.63, 3.8) is 0 Å². The normalized spacial score (nSPS) is 18.8. The predicted octanol–water partition coefficient (Wildman–Crippen LogP) is 9.51. The van der Waals surface area contributed by atoms with Crippen LogP contribution in [-0.2, 0) is 23.3 Å². The molecule has 0 spiro atoms. The molecule has 1 aromatic heterocycles. The molecule has 5 heterocycles. The molecule has 10 nitrogen and oxygen atoms in total. The first-order valence-corrected chi connectivity index (χ1v) is 23.4. The van der Waals surface area contributed by atoms with Crippen LogP contribution in [0.2, 0.25) is 5.02 Å². The van der Waals surface area contributed by atoms with E-state index in [1.807, 2.05) is 65.7 Å². The second-order valence-corrected chi connectivity index (χ2v) is 18.0. The van der Waals surface area contributed by atoms with Gasteiger partial charge in [0.25, 0.3) is 5.91 Å². The number of hydrogen-bond donors (Lipinski definition) is 0. The van der Waals surface area contributed by atoms with E-state index in [4.69, 9.17) is 26.3 Å². The summed E-state index contributed by atoms with van der Waals surface area (Å²) in [7, 11) is 2.14. The molecule has 1 amide bonds. The topological polar surface area (TPSA) is 92.1 Å². The summed E-state index contributed by atoms with van der Waals surface area (Å²) in [6.45, 7) is 4.19. The summed E-state index contributed by atoms with van der Waals surface area (Å²) < 4.78 is 6.49. The number of benzene rings is 5. The van der Waals surface area contributed by atoms with Crippen molar-refractivity contribution in [2.75, 3.05) is 56.2 Å². The third-order valence-electron chi connectivity index (χ3n) is 13.8. The number of likely N-dealkylation sites (tertiary alicyclic amines) is 1. The molecular formula is C55H53ClN8O2. The summed E-state index contributed by atoms with van der Waals surface area (Å²) in [5.74, 6) is 0.676. The first-order valence-electron chi connectivity index (χ1n) is 23.0. The van der Waals surface area contributed by atoms with E-state index >= 15 is 4.79 Å². The van der Waals surface area contributed by atoms with E-state index in [-0.39, 0.29) is 12.3 Å². The highest BCUT2D eigenvalue weighted by molar-refractivity contribution is 6.36. The maximum atomic E-state index is 15.6. The van der Waals surface area contributed by atoms with Crippen molar-refractivity contribution in [1.82, 2.24) is 24.7 Å². The number of fused-ring (bicyclic) bond motifs is 2. The van der Waals surface area contributed by atoms with Crippen LogP contribution in [0, 0.1) is 11.3 Å². The van der Waals surface area contributed by atoms with Crippen molar-refractivity contribution < 1.29 is 9.53 Å². The number of rotatable bonds is 11. The Kier molecular flexibility index (Phi) is 12.3. The fraction of sp³-hybridized carbons (Fsp3) is 0.273. The van der Waals surface area contributed by atoms with Gasteiger partial charge < -0.3 is 29.2 Å². The summed E-state index contributed by atoms with van der Waals surface area (Å²) in [5, 5.41) is 13.2. The zero-order chi connectivity index (χ0) is 45.0. The first kappa shape index (κ1) is 43.0. The standard InChI is InChI=1S/C55H53ClN8O2/c1-60-32-16-25-45(60)39-66-54-58-48-38-61(49-28-15-18-40-17-14-26-47(56)51(40)49)34-30-46(48)52(59-54)62-35-36-63(44(37-62)29-31-57)53(65)50-27-12-5-13-33-64(50)55(41-19-6-2-7-20-41,42-21-8-3-9-22-42)43-23-10-4-11-24-43/h2-15,17-24,26-28,33,44-45H,16,25,29-30,32,34-39H2,1H3. The molecule has 2 saturated heterocycles. The minimum atomic E-state index is -0.921. The summed E-state index contributed by atoms with van der Waals surface area (Å²) in [5.41, 5.74) is 5.69. The number of aromatic nitrogens is 2. The zero-order valence-electron chi connectivity index (χ0n) is 37.2. The molecule has 4 aliphatic heterocycles. The Morgan fingerprint density at radius 3 is 2.15 bits per heavy atom. The van der Waals surface area contributed by atoms with Crippen LogP contribution in [-0.4, -0.2) is 89.0 Å². The van der Waals surface area contributed by atoms with E-state index in [2.05, 4.69) is 130 Å². The van der Waals surface area contributed by atoms with Gasteiger partial charge in [0.05, 0.1) is 35.8 Å². The Morgan fingerprint density at radius 2 is 1.48 bits per heavy atom. The number of ether oxygens (including phenoxy) is 1. The van der Waals surface area contributed by atoms with Gasteiger partial charge in [-0.2, -0.15) is 15.2 Å². The molecule has 0 aliphatic carbocycles. The molecule has 6 aromatic rings. The molecule has 5 aromatic carbocycles. The van der Waals surface area contributed by atoms with Crippen molar-refractivity contribution in [3.8, 4) is 12.1 Å². The zero-order valence-corrected chi connectivity index (χ0v) is 38.0. The van der Waals surface area contributed by atoms with Crippen molar-refractivity contribution in [1.29, 1.82) is 5.26 Å². The van der Waals surface area contributed by atoms with Gasteiger partial charge in [0.1, 0.15) is 23.7 Å². The lowest BCUT2D eigenvalue weighted by atomic mass is 9.75. The van der Waals surface area contributed by atoms with E-state index < -0.39 is 11.6 Å². The van der Waals surface area contributed by atoms with E-state index in [1.165, 1.54) is 0 Å². The van der Waals surface area contributed by atoms with Crippen LogP contribution in [0.25, 0.3) is 10.8 Å². The number of likely N-dealkylation sites (N-methyl/N-ethyl adjacent to an activating group) is 1. The Bertz CT molecular complexity index is 2740. The Hall–Kier alpha value is -6.93. The van der Waals surface area contributed by atoms with Gasteiger partial charge in [-0.1, -0.05) is 139 Å². The number of nitrogens with zero attached hydrogens (tertiary/aromatic N) is 8. The molecule has 11 heteroatoms. The fourth-order valence-electron chi connectivity index (χ4n) is 10.5. The van der Waals surface area contributed by atoms with Crippen LogP contribution in [0.15, 0.2) is 164 Å². The van der Waals surface area contributed by atoms with Crippen LogP contribution in [0.1, 0.15) is 47.2 Å². The highest BCUT2D eigenvalue weighted by Crippen LogP contribution is 2.46. The molecule has 0 radical (unpaired) electrons. The van der Waals surface area contributed by atoms with Crippen LogP contribution in [0.4, 0.5) is 11.5 Å². The number of allylic oxidation sites excluding steroid dienone is 4. The SMILES string of the molecule is CN1CCCC1COc1nc2c(c(N3CCN(C(=O)C4=CC=CC=CN4C(c4ccccc4)(c4ccccc4)c4ccccc4)C(CC#N)C3)n1)CCN(c1cccc3cccc(Cl)c13)C2. The lowest BCUT2D eigenvalue weighted by Gasteiger charge is -2.48. The smallest absolute Gasteiger partial charge is 0.318 e. The third-order valence-corrected chi connectivity index (χ3v) is 14.1. The molecule has 0 saturated carbocycles. The highest BCUT2D eigenvalue weighted by atomic mass is 35.5. The largest absolute Gasteiger partial charge is 0.462 e. The monoisotopic (exact) mass is 892 g/mol. The van der Waals surface area contributed by atoms with Gasteiger partial charge in [-0.25, -0.2) is 0 Å². The Labute approximate surface area is 392 Å². The summed E-state index contributed by atoms with van der Waals surface area (Å²) in [6.07, 6.45) is 12.9. The molecule has 10 rings (SSSR count). The quantitative estimate of drug-likeness (QED) is 0.118. The second-order valence-electron chi connectivity index (χ2n) is 17.5. The van der Waals surface area contributed by atoms with Crippen molar-refractivity contribution in [2.45, 2.75) is 49.9 Å². The minimum Gasteiger partial charge on any atom is -0.462 e. The molecule has 332 valence electrons. The van der Waals surface area contributed by atoms with Crippen molar-refractivity contribution >= 4 is 39.8 Å². The summed E-state index contributed by atoms with van der Waals surface area (Å²) in [6, 6.07) is 46.2. The number of nitriles is 1. The number of amides is 1. The number of anilines is 2.